The Kier molecular flexibility index (Phi) is 8.04. The molecule has 0 bridgehead atoms. The van der Waals surface area contributed by atoms with Crippen LogP contribution in [0.25, 0.3) is 0 Å². The average molecular weight is 469 g/mol. The fraction of sp³-hybridized carbons (Fsp3) is 0.650. The van der Waals surface area contributed by atoms with Gasteiger partial charge in [-0.3, -0.25) is 19.8 Å². The number of hydrogen-bond donors (Lipinski definition) is 1. The van der Waals surface area contributed by atoms with Crippen LogP contribution in [0.2, 0.25) is 0 Å². The molecule has 1 N–H and O–H groups in total. The number of carbonyl (C=O) groups is 1. The third kappa shape index (κ3) is 5.74. The summed E-state index contributed by atoms with van der Waals surface area (Å²) in [5, 5.41) is 14.6. The number of nitrogens with one attached hydrogen (secondary N) is 1. The lowest BCUT2D eigenvalue weighted by Crippen LogP contribution is -2.49. The molecule has 2 aliphatic rings. The van der Waals surface area contributed by atoms with E-state index in [1.165, 1.54) is 22.5 Å². The number of likely N-dealkylation sites (N-methyl/N-ethyl adjacent to an activating group) is 1. The van der Waals surface area contributed by atoms with Gasteiger partial charge in [0.25, 0.3) is 5.69 Å². The van der Waals surface area contributed by atoms with Crippen LogP contribution in [0.3, 0.4) is 0 Å². The summed E-state index contributed by atoms with van der Waals surface area (Å²) in [5.41, 5.74) is 0.191. The van der Waals surface area contributed by atoms with Crippen molar-refractivity contribution < 1.29 is 18.1 Å². The highest BCUT2D eigenvalue weighted by molar-refractivity contribution is 7.89. The monoisotopic (exact) mass is 468 g/mol. The molecule has 2 saturated heterocycles. The third-order valence-corrected chi connectivity index (χ3v) is 7.79. The van der Waals surface area contributed by atoms with Crippen LogP contribution < -0.4 is 10.2 Å². The highest BCUT2D eigenvalue weighted by Gasteiger charge is 2.31. The molecule has 2 fully saturated rings. The minimum atomic E-state index is -3.79. The largest absolute Gasteiger partial charge is 0.363 e. The summed E-state index contributed by atoms with van der Waals surface area (Å²) in [4.78, 5) is 29.1. The minimum absolute atomic E-state index is 0.0234. The third-order valence-electron chi connectivity index (χ3n) is 5.90. The molecule has 3 rings (SSSR count). The van der Waals surface area contributed by atoms with E-state index in [1.807, 2.05) is 28.7 Å². The average Bonchev–Trinajstić information content (AvgIpc) is 2.78. The maximum atomic E-state index is 13.0. The van der Waals surface area contributed by atoms with Crippen molar-refractivity contribution in [3.8, 4) is 0 Å². The van der Waals surface area contributed by atoms with Gasteiger partial charge < -0.3 is 15.1 Å². The fourth-order valence-electron chi connectivity index (χ4n) is 3.93. The second kappa shape index (κ2) is 10.6. The Hall–Kier alpha value is -2.28. The van der Waals surface area contributed by atoms with E-state index in [0.717, 1.165) is 6.42 Å². The first-order chi connectivity index (χ1) is 15.2. The number of piperazine rings is 2. The zero-order valence-electron chi connectivity index (χ0n) is 18.7. The Bertz CT molecular complexity index is 924. The van der Waals surface area contributed by atoms with E-state index in [2.05, 4.69) is 5.32 Å². The van der Waals surface area contributed by atoms with E-state index in [0.29, 0.717) is 71.1 Å². The second-order valence-electron chi connectivity index (χ2n) is 8.23. The quantitative estimate of drug-likeness (QED) is 0.424. The Morgan fingerprint density at radius 3 is 2.34 bits per heavy atom. The Labute approximate surface area is 189 Å². The number of nitro groups is 1. The highest BCUT2D eigenvalue weighted by Crippen LogP contribution is 2.32. The molecule has 1 aromatic carbocycles. The van der Waals surface area contributed by atoms with Crippen molar-refractivity contribution >= 4 is 27.3 Å². The maximum Gasteiger partial charge on any atom is 0.293 e. The molecular formula is C20H32N6O5S. The molecule has 1 aromatic rings. The topological polar surface area (TPSA) is 119 Å². The smallest absolute Gasteiger partial charge is 0.293 e. The number of anilines is 1. The molecule has 0 atom stereocenters. The Morgan fingerprint density at radius 1 is 1.09 bits per heavy atom. The molecule has 178 valence electrons. The van der Waals surface area contributed by atoms with Crippen LogP contribution in [-0.2, 0) is 14.8 Å². The van der Waals surface area contributed by atoms with E-state index in [-0.39, 0.29) is 16.5 Å². The van der Waals surface area contributed by atoms with Crippen molar-refractivity contribution in [1.82, 2.24) is 19.4 Å². The van der Waals surface area contributed by atoms with Crippen molar-refractivity contribution in [2.45, 2.75) is 18.2 Å². The fourth-order valence-corrected chi connectivity index (χ4v) is 5.37. The van der Waals surface area contributed by atoms with Gasteiger partial charge in [0.2, 0.25) is 15.9 Å². The number of amides is 1. The summed E-state index contributed by atoms with van der Waals surface area (Å²) in [5.74, 6) is -0.0234. The van der Waals surface area contributed by atoms with Crippen molar-refractivity contribution in [2.75, 3.05) is 77.4 Å². The van der Waals surface area contributed by atoms with Crippen LogP contribution in [0.15, 0.2) is 23.1 Å². The van der Waals surface area contributed by atoms with Crippen LogP contribution in [-0.4, -0.2) is 106 Å². The van der Waals surface area contributed by atoms with Gasteiger partial charge in [0.15, 0.2) is 0 Å². The molecular weight excluding hydrogens is 436 g/mol. The summed E-state index contributed by atoms with van der Waals surface area (Å²) in [6.07, 6.45) is 0.879. The first-order valence-corrected chi connectivity index (χ1v) is 12.4. The minimum Gasteiger partial charge on any atom is -0.363 e. The van der Waals surface area contributed by atoms with E-state index >= 15 is 0 Å². The molecule has 0 aromatic heterocycles. The number of nitro benzene ring substituents is 1. The molecule has 0 radical (unpaired) electrons. The number of hydrogen-bond acceptors (Lipinski definition) is 8. The molecule has 2 heterocycles. The SMILES string of the molecule is CCCNC(=O)CN1CCN(c2ccc(S(=O)(=O)N3CCN(C)CC3)cc2[N+](=O)[O-])CC1. The molecule has 1 amide bonds. The first kappa shape index (κ1) is 24.4. The number of carbonyl (C=O) groups excluding carboxylic acids is 1. The first-order valence-electron chi connectivity index (χ1n) is 10.9. The van der Waals surface area contributed by atoms with Gasteiger partial charge in [-0.2, -0.15) is 4.31 Å². The zero-order chi connectivity index (χ0) is 23.3. The maximum absolute atomic E-state index is 13.0. The van der Waals surface area contributed by atoms with E-state index in [1.54, 1.807) is 0 Å². The molecule has 0 spiro atoms. The normalized spacial score (nSPS) is 19.1. The number of rotatable bonds is 8. The summed E-state index contributed by atoms with van der Waals surface area (Å²) in [6.45, 7) is 7.15. The van der Waals surface area contributed by atoms with Gasteiger partial charge in [-0.15, -0.1) is 0 Å². The number of benzene rings is 1. The second-order valence-corrected chi connectivity index (χ2v) is 10.2. The lowest BCUT2D eigenvalue weighted by molar-refractivity contribution is -0.384. The van der Waals surface area contributed by atoms with Gasteiger partial charge in [-0.1, -0.05) is 6.92 Å². The summed E-state index contributed by atoms with van der Waals surface area (Å²) in [6, 6.07) is 4.17. The molecule has 12 heteroatoms. The molecule has 0 aliphatic carbocycles. The summed E-state index contributed by atoms with van der Waals surface area (Å²) >= 11 is 0. The lowest BCUT2D eigenvalue weighted by atomic mass is 10.2. The van der Waals surface area contributed by atoms with Gasteiger partial charge in [0, 0.05) is 65.0 Å². The van der Waals surface area contributed by atoms with Crippen molar-refractivity contribution in [2.24, 2.45) is 0 Å². The van der Waals surface area contributed by atoms with Gasteiger partial charge in [-0.25, -0.2) is 8.42 Å². The Morgan fingerprint density at radius 2 is 1.75 bits per heavy atom. The predicted octanol–water partition coefficient (Wildman–Crippen LogP) is 0.179. The molecule has 2 aliphatic heterocycles. The highest BCUT2D eigenvalue weighted by atomic mass is 32.2. The van der Waals surface area contributed by atoms with Crippen molar-refractivity contribution in [3.63, 3.8) is 0 Å². The molecule has 0 saturated carbocycles. The van der Waals surface area contributed by atoms with Gasteiger partial charge >= 0.3 is 0 Å². The summed E-state index contributed by atoms with van der Waals surface area (Å²) in [7, 11) is -1.86. The van der Waals surface area contributed by atoms with Crippen molar-refractivity contribution in [3.05, 3.63) is 28.3 Å². The van der Waals surface area contributed by atoms with E-state index in [9.17, 15) is 23.3 Å². The lowest BCUT2D eigenvalue weighted by Gasteiger charge is -2.35. The van der Waals surface area contributed by atoms with Crippen molar-refractivity contribution in [1.29, 1.82) is 0 Å². The van der Waals surface area contributed by atoms with Gasteiger partial charge in [0.1, 0.15) is 5.69 Å². The van der Waals surface area contributed by atoms with Crippen LogP contribution in [0.4, 0.5) is 11.4 Å². The standard InChI is InChI=1S/C20H32N6O5S/c1-3-6-21-20(27)16-23-9-11-24(12-10-23)18-5-4-17(15-19(18)26(28)29)32(30,31)25-13-7-22(2)8-14-25/h4-5,15H,3,6-14,16H2,1-2H3,(H,21,27). The zero-order valence-corrected chi connectivity index (χ0v) is 19.5. The van der Waals surface area contributed by atoms with Crippen LogP contribution >= 0.6 is 0 Å². The number of sulfonamides is 1. The van der Waals surface area contributed by atoms with Gasteiger partial charge in [0.05, 0.1) is 16.4 Å². The van der Waals surface area contributed by atoms with Crippen LogP contribution in [0, 0.1) is 10.1 Å². The van der Waals surface area contributed by atoms with Crippen LogP contribution in [0.1, 0.15) is 13.3 Å². The number of nitrogens with zero attached hydrogens (tertiary/aromatic N) is 5. The molecule has 32 heavy (non-hydrogen) atoms. The Balaban J connectivity index is 1.71. The molecule has 0 unspecified atom stereocenters. The van der Waals surface area contributed by atoms with E-state index < -0.39 is 14.9 Å². The van der Waals surface area contributed by atoms with E-state index in [4.69, 9.17) is 0 Å². The summed E-state index contributed by atoms with van der Waals surface area (Å²) < 4.78 is 27.4. The van der Waals surface area contributed by atoms with Crippen LogP contribution in [0.5, 0.6) is 0 Å². The predicted molar refractivity (Wildman–Crippen MR) is 121 cm³/mol. The molecule has 11 nitrogen and oxygen atoms in total. The van der Waals surface area contributed by atoms with Gasteiger partial charge in [-0.05, 0) is 25.6 Å².